The largest absolute Gasteiger partial charge is 0.466 e. The highest BCUT2D eigenvalue weighted by Crippen LogP contribution is 2.12. The number of carbonyl (C=O) groups is 1. The molecule has 0 aromatic heterocycles. The van der Waals surface area contributed by atoms with Gasteiger partial charge in [0, 0.05) is 6.42 Å². The molecule has 0 aromatic carbocycles. The Bertz CT molecular complexity index is 151. The van der Waals surface area contributed by atoms with Gasteiger partial charge in [0.1, 0.15) is 0 Å². The van der Waals surface area contributed by atoms with Crippen LogP contribution in [-0.2, 0) is 9.53 Å². The zero-order valence-electron chi connectivity index (χ0n) is 10.6. The highest BCUT2D eigenvalue weighted by atomic mass is 16.5. The van der Waals surface area contributed by atoms with Crippen molar-refractivity contribution in [3.8, 4) is 0 Å². The van der Waals surface area contributed by atoms with E-state index in [1.165, 1.54) is 12.8 Å². The molecule has 0 fully saturated rings. The smallest absolute Gasteiger partial charge is 0.305 e. The van der Waals surface area contributed by atoms with Crippen LogP contribution in [-0.4, -0.2) is 12.6 Å². The van der Waals surface area contributed by atoms with E-state index in [1.807, 2.05) is 0 Å². The second-order valence-electron chi connectivity index (χ2n) is 4.15. The van der Waals surface area contributed by atoms with E-state index in [4.69, 9.17) is 4.74 Å². The first-order valence-corrected chi connectivity index (χ1v) is 6.40. The van der Waals surface area contributed by atoms with Crippen molar-refractivity contribution in [3.05, 3.63) is 0 Å². The summed E-state index contributed by atoms with van der Waals surface area (Å²) in [6, 6.07) is 0. The van der Waals surface area contributed by atoms with Crippen molar-refractivity contribution < 1.29 is 9.53 Å². The van der Waals surface area contributed by atoms with Crippen LogP contribution in [0.3, 0.4) is 0 Å². The fraction of sp³-hybridized carbons (Fsp3) is 0.923. The Balaban J connectivity index is 3.37. The van der Waals surface area contributed by atoms with Crippen molar-refractivity contribution in [3.63, 3.8) is 0 Å². The third-order valence-corrected chi connectivity index (χ3v) is 2.93. The summed E-state index contributed by atoms with van der Waals surface area (Å²) in [5, 5.41) is 0. The van der Waals surface area contributed by atoms with E-state index in [0.29, 0.717) is 18.9 Å². The maximum absolute atomic E-state index is 11.3. The van der Waals surface area contributed by atoms with E-state index in [0.717, 1.165) is 25.7 Å². The average molecular weight is 214 g/mol. The molecule has 0 heterocycles. The maximum atomic E-state index is 11.3. The first kappa shape index (κ1) is 14.5. The van der Waals surface area contributed by atoms with Crippen molar-refractivity contribution in [2.24, 2.45) is 5.92 Å². The van der Waals surface area contributed by atoms with E-state index >= 15 is 0 Å². The number of unbranched alkanes of at least 4 members (excludes halogenated alkanes) is 2. The molecular weight excluding hydrogens is 188 g/mol. The highest BCUT2D eigenvalue weighted by molar-refractivity contribution is 5.69. The minimum atomic E-state index is -0.0191. The third kappa shape index (κ3) is 8.46. The molecule has 2 heteroatoms. The van der Waals surface area contributed by atoms with Gasteiger partial charge in [-0.2, -0.15) is 0 Å². The van der Waals surface area contributed by atoms with Gasteiger partial charge in [-0.15, -0.1) is 0 Å². The normalized spacial score (nSPS) is 10.7. The zero-order valence-corrected chi connectivity index (χ0v) is 10.6. The monoisotopic (exact) mass is 214 g/mol. The number of ether oxygens (including phenoxy) is 1. The predicted molar refractivity (Wildman–Crippen MR) is 63.8 cm³/mol. The van der Waals surface area contributed by atoms with E-state index in [1.54, 1.807) is 0 Å². The van der Waals surface area contributed by atoms with Gasteiger partial charge in [-0.05, 0) is 18.8 Å². The topological polar surface area (TPSA) is 26.3 Å². The molecule has 0 unspecified atom stereocenters. The van der Waals surface area contributed by atoms with Crippen LogP contribution >= 0.6 is 0 Å². The Morgan fingerprint density at radius 3 is 2.33 bits per heavy atom. The van der Waals surface area contributed by atoms with Crippen LogP contribution in [0.5, 0.6) is 0 Å². The lowest BCUT2D eigenvalue weighted by Crippen LogP contribution is -2.09. The number of hydrogen-bond acceptors (Lipinski definition) is 2. The Labute approximate surface area is 94.4 Å². The Morgan fingerprint density at radius 2 is 1.80 bits per heavy atom. The summed E-state index contributed by atoms with van der Waals surface area (Å²) in [4.78, 5) is 11.3. The average Bonchev–Trinajstić information content (AvgIpc) is 2.25. The summed E-state index contributed by atoms with van der Waals surface area (Å²) >= 11 is 0. The molecule has 0 amide bonds. The van der Waals surface area contributed by atoms with Gasteiger partial charge in [0.25, 0.3) is 0 Å². The van der Waals surface area contributed by atoms with E-state index in [2.05, 4.69) is 20.8 Å². The second kappa shape index (κ2) is 10.0. The Hall–Kier alpha value is -0.530. The summed E-state index contributed by atoms with van der Waals surface area (Å²) in [5.74, 6) is 0.697. The van der Waals surface area contributed by atoms with Crippen LogP contribution in [0.4, 0.5) is 0 Å². The van der Waals surface area contributed by atoms with Crippen molar-refractivity contribution in [2.75, 3.05) is 6.61 Å². The van der Waals surface area contributed by atoms with Crippen molar-refractivity contribution in [1.29, 1.82) is 0 Å². The summed E-state index contributed by atoms with van der Waals surface area (Å²) in [7, 11) is 0. The molecule has 0 aliphatic heterocycles. The molecule has 0 aromatic rings. The third-order valence-electron chi connectivity index (χ3n) is 2.93. The van der Waals surface area contributed by atoms with Crippen LogP contribution in [0.1, 0.15) is 65.7 Å². The van der Waals surface area contributed by atoms with Crippen LogP contribution in [0.2, 0.25) is 0 Å². The Morgan fingerprint density at radius 1 is 1.13 bits per heavy atom. The summed E-state index contributed by atoms with van der Waals surface area (Å²) < 4.78 is 5.18. The number of esters is 1. The molecular formula is C13H26O2. The zero-order chi connectivity index (χ0) is 11.5. The summed E-state index contributed by atoms with van der Waals surface area (Å²) in [6.45, 7) is 7.13. The van der Waals surface area contributed by atoms with Gasteiger partial charge in [-0.3, -0.25) is 4.79 Å². The molecule has 0 saturated carbocycles. The summed E-state index contributed by atoms with van der Waals surface area (Å²) in [5.41, 5.74) is 0. The number of carbonyl (C=O) groups excluding carboxylic acids is 1. The number of rotatable bonds is 9. The van der Waals surface area contributed by atoms with E-state index in [-0.39, 0.29) is 5.97 Å². The van der Waals surface area contributed by atoms with Gasteiger partial charge < -0.3 is 4.74 Å². The van der Waals surface area contributed by atoms with Crippen molar-refractivity contribution in [1.82, 2.24) is 0 Å². The van der Waals surface area contributed by atoms with Gasteiger partial charge in [-0.1, -0.05) is 46.5 Å². The van der Waals surface area contributed by atoms with Crippen molar-refractivity contribution in [2.45, 2.75) is 65.7 Å². The number of hydrogen-bond donors (Lipinski definition) is 0. The molecule has 0 radical (unpaired) electrons. The van der Waals surface area contributed by atoms with Crippen LogP contribution in [0, 0.1) is 5.92 Å². The molecule has 0 aliphatic carbocycles. The molecule has 0 saturated heterocycles. The first-order valence-electron chi connectivity index (χ1n) is 6.40. The molecule has 0 rings (SSSR count). The molecule has 2 nitrogen and oxygen atoms in total. The second-order valence-corrected chi connectivity index (χ2v) is 4.15. The lowest BCUT2D eigenvalue weighted by molar-refractivity contribution is -0.144. The highest BCUT2D eigenvalue weighted by Gasteiger charge is 2.06. The summed E-state index contributed by atoms with van der Waals surface area (Å²) in [6.07, 6.45) is 7.24. The predicted octanol–water partition coefficient (Wildman–Crippen LogP) is 3.94. The molecule has 90 valence electrons. The van der Waals surface area contributed by atoms with Gasteiger partial charge in [0.15, 0.2) is 0 Å². The first-order chi connectivity index (χ1) is 7.24. The lowest BCUT2D eigenvalue weighted by atomic mass is 10.0. The van der Waals surface area contributed by atoms with Crippen molar-refractivity contribution >= 4 is 5.97 Å². The SMILES string of the molecule is CCCCCC(=O)OCCC(CC)CC. The quantitative estimate of drug-likeness (QED) is 0.429. The van der Waals surface area contributed by atoms with Crippen LogP contribution in [0.15, 0.2) is 0 Å². The fourth-order valence-electron chi connectivity index (χ4n) is 1.63. The molecule has 15 heavy (non-hydrogen) atoms. The maximum Gasteiger partial charge on any atom is 0.305 e. The van der Waals surface area contributed by atoms with Gasteiger partial charge in [-0.25, -0.2) is 0 Å². The van der Waals surface area contributed by atoms with Gasteiger partial charge in [0.2, 0.25) is 0 Å². The molecule has 0 spiro atoms. The Kier molecular flexibility index (Phi) is 9.65. The molecule has 0 aliphatic rings. The van der Waals surface area contributed by atoms with E-state index < -0.39 is 0 Å². The molecule has 0 N–H and O–H groups in total. The minimum Gasteiger partial charge on any atom is -0.466 e. The molecule has 0 bridgehead atoms. The van der Waals surface area contributed by atoms with Crippen LogP contribution in [0.25, 0.3) is 0 Å². The van der Waals surface area contributed by atoms with Gasteiger partial charge >= 0.3 is 5.97 Å². The van der Waals surface area contributed by atoms with E-state index in [9.17, 15) is 4.79 Å². The van der Waals surface area contributed by atoms with Gasteiger partial charge in [0.05, 0.1) is 6.61 Å². The fourth-order valence-corrected chi connectivity index (χ4v) is 1.63. The molecule has 0 atom stereocenters. The van der Waals surface area contributed by atoms with Crippen LogP contribution < -0.4 is 0 Å². The standard InChI is InChI=1S/C13H26O2/c1-4-7-8-9-13(14)15-11-10-12(5-2)6-3/h12H,4-11H2,1-3H3. The lowest BCUT2D eigenvalue weighted by Gasteiger charge is -2.11. The minimum absolute atomic E-state index is 0.0191.